The third kappa shape index (κ3) is 2.73. The fourth-order valence-electron chi connectivity index (χ4n) is 2.78. The summed E-state index contributed by atoms with van der Waals surface area (Å²) in [5.41, 5.74) is 5.45. The van der Waals surface area contributed by atoms with E-state index in [1.165, 1.54) is 0 Å². The van der Waals surface area contributed by atoms with Gasteiger partial charge in [0.1, 0.15) is 0 Å². The topological polar surface area (TPSA) is 110 Å². The fraction of sp³-hybridized carbons (Fsp3) is 0.667. The zero-order valence-electron chi connectivity index (χ0n) is 12.0. The van der Waals surface area contributed by atoms with Gasteiger partial charge in [0.25, 0.3) is 0 Å². The maximum atomic E-state index is 11.0. The molecule has 0 spiro atoms. The summed E-state index contributed by atoms with van der Waals surface area (Å²) in [7, 11) is 1.58. The minimum atomic E-state index is -0.563. The van der Waals surface area contributed by atoms with Gasteiger partial charge in [0.05, 0.1) is 4.92 Å². The molecule has 1 aromatic heterocycles. The number of nitrogen functional groups attached to an aromatic ring is 1. The molecule has 1 saturated heterocycles. The van der Waals surface area contributed by atoms with E-state index in [0.717, 1.165) is 19.5 Å². The van der Waals surface area contributed by atoms with Gasteiger partial charge in [-0.1, -0.05) is 13.8 Å². The van der Waals surface area contributed by atoms with Gasteiger partial charge in [0, 0.05) is 20.1 Å². The minimum Gasteiger partial charge on any atom is -0.378 e. The molecule has 110 valence electrons. The Bertz CT molecular complexity index is 511. The second-order valence-corrected chi connectivity index (χ2v) is 5.46. The van der Waals surface area contributed by atoms with Gasteiger partial charge in [-0.05, 0) is 18.3 Å². The van der Waals surface area contributed by atoms with E-state index in [1.807, 2.05) is 4.90 Å². The molecule has 0 aromatic carbocycles. The largest absolute Gasteiger partial charge is 0.378 e. The number of nitrogens with one attached hydrogen (secondary N) is 1. The molecule has 20 heavy (non-hydrogen) atoms. The van der Waals surface area contributed by atoms with Crippen LogP contribution in [-0.4, -0.2) is 35.0 Å². The lowest BCUT2D eigenvalue weighted by molar-refractivity contribution is -0.383. The summed E-state index contributed by atoms with van der Waals surface area (Å²) in [5, 5.41) is 13.7. The van der Waals surface area contributed by atoms with Crippen LogP contribution >= 0.6 is 0 Å². The monoisotopic (exact) mass is 280 g/mol. The van der Waals surface area contributed by atoms with Crippen molar-refractivity contribution in [2.45, 2.75) is 20.3 Å². The molecule has 2 heterocycles. The average molecular weight is 280 g/mol. The van der Waals surface area contributed by atoms with Crippen LogP contribution in [0.25, 0.3) is 0 Å². The molecule has 0 aliphatic carbocycles. The second-order valence-electron chi connectivity index (χ2n) is 5.46. The Morgan fingerprint density at radius 2 is 1.95 bits per heavy atom. The number of rotatable bonds is 3. The summed E-state index contributed by atoms with van der Waals surface area (Å²) in [5.74, 6) is 1.59. The molecule has 8 nitrogen and oxygen atoms in total. The van der Waals surface area contributed by atoms with Crippen LogP contribution < -0.4 is 16.0 Å². The Kier molecular flexibility index (Phi) is 3.91. The normalized spacial score (nSPS) is 22.6. The number of hydrogen-bond acceptors (Lipinski definition) is 7. The summed E-state index contributed by atoms with van der Waals surface area (Å²) >= 11 is 0. The fourth-order valence-corrected chi connectivity index (χ4v) is 2.78. The summed E-state index contributed by atoms with van der Waals surface area (Å²) < 4.78 is 0. The summed E-state index contributed by atoms with van der Waals surface area (Å²) in [4.78, 5) is 20.8. The van der Waals surface area contributed by atoms with Crippen LogP contribution in [0.3, 0.4) is 0 Å². The third-order valence-corrected chi connectivity index (χ3v) is 3.47. The van der Waals surface area contributed by atoms with Crippen molar-refractivity contribution in [3.63, 3.8) is 0 Å². The molecule has 0 amide bonds. The standard InChI is InChI=1S/C12H20N6O2/c1-7-4-8(2)6-17(5-7)12-15-10(13)9(18(19)20)11(14-3)16-12/h7-8H,4-6H2,1-3H3,(H3,13,14,15,16)/t7-,8+. The van der Waals surface area contributed by atoms with Crippen molar-refractivity contribution >= 4 is 23.3 Å². The van der Waals surface area contributed by atoms with E-state index in [1.54, 1.807) is 7.05 Å². The Morgan fingerprint density at radius 1 is 1.35 bits per heavy atom. The van der Waals surface area contributed by atoms with Gasteiger partial charge in [-0.2, -0.15) is 9.97 Å². The lowest BCUT2D eigenvalue weighted by atomic mass is 9.92. The molecular weight excluding hydrogens is 260 g/mol. The molecule has 1 aliphatic rings. The van der Waals surface area contributed by atoms with Gasteiger partial charge in [-0.15, -0.1) is 0 Å². The van der Waals surface area contributed by atoms with Crippen LogP contribution in [0, 0.1) is 22.0 Å². The summed E-state index contributed by atoms with van der Waals surface area (Å²) in [6, 6.07) is 0. The lowest BCUT2D eigenvalue weighted by Crippen LogP contribution is -2.39. The number of hydrogen-bond donors (Lipinski definition) is 2. The molecule has 3 N–H and O–H groups in total. The van der Waals surface area contributed by atoms with Gasteiger partial charge in [-0.25, -0.2) is 0 Å². The first-order valence-electron chi connectivity index (χ1n) is 6.67. The predicted octanol–water partition coefficient (Wildman–Crippen LogP) is 1.49. The van der Waals surface area contributed by atoms with Crippen LogP contribution in [0.15, 0.2) is 0 Å². The van der Waals surface area contributed by atoms with E-state index >= 15 is 0 Å². The van der Waals surface area contributed by atoms with Crippen molar-refractivity contribution in [3.05, 3.63) is 10.1 Å². The van der Waals surface area contributed by atoms with Crippen molar-refractivity contribution < 1.29 is 4.92 Å². The van der Waals surface area contributed by atoms with Crippen molar-refractivity contribution in [2.75, 3.05) is 36.1 Å². The molecule has 1 fully saturated rings. The molecule has 0 bridgehead atoms. The van der Waals surface area contributed by atoms with E-state index in [9.17, 15) is 10.1 Å². The molecule has 2 rings (SSSR count). The van der Waals surface area contributed by atoms with Gasteiger partial charge >= 0.3 is 5.69 Å². The number of nitrogens with zero attached hydrogens (tertiary/aromatic N) is 4. The Labute approximate surface area is 117 Å². The molecule has 0 unspecified atom stereocenters. The lowest BCUT2D eigenvalue weighted by Gasteiger charge is -2.35. The Morgan fingerprint density at radius 3 is 2.45 bits per heavy atom. The van der Waals surface area contributed by atoms with Gasteiger partial charge in [-0.3, -0.25) is 10.1 Å². The highest BCUT2D eigenvalue weighted by Crippen LogP contribution is 2.31. The maximum absolute atomic E-state index is 11.0. The first-order chi connectivity index (χ1) is 9.42. The van der Waals surface area contributed by atoms with E-state index in [-0.39, 0.29) is 17.3 Å². The molecule has 1 aromatic rings. The first kappa shape index (κ1) is 14.3. The number of piperidine rings is 1. The highest BCUT2D eigenvalue weighted by atomic mass is 16.6. The molecule has 0 saturated carbocycles. The Hall–Kier alpha value is -2.12. The Balaban J connectivity index is 2.38. The van der Waals surface area contributed by atoms with E-state index in [4.69, 9.17) is 5.73 Å². The van der Waals surface area contributed by atoms with Crippen LogP contribution in [0.1, 0.15) is 20.3 Å². The number of nitrogens with two attached hydrogens (primary N) is 1. The van der Waals surface area contributed by atoms with Crippen molar-refractivity contribution in [1.29, 1.82) is 0 Å². The van der Waals surface area contributed by atoms with E-state index < -0.39 is 4.92 Å². The molecular formula is C12H20N6O2. The zero-order valence-corrected chi connectivity index (χ0v) is 12.0. The molecule has 2 atom stereocenters. The molecule has 8 heteroatoms. The second kappa shape index (κ2) is 5.48. The number of aromatic nitrogens is 2. The maximum Gasteiger partial charge on any atom is 0.353 e. The zero-order chi connectivity index (χ0) is 14.9. The average Bonchev–Trinajstić information content (AvgIpc) is 2.35. The van der Waals surface area contributed by atoms with Gasteiger partial charge < -0.3 is 16.0 Å². The highest BCUT2D eigenvalue weighted by Gasteiger charge is 2.28. The minimum absolute atomic E-state index is 0.102. The van der Waals surface area contributed by atoms with Crippen LogP contribution in [0.5, 0.6) is 0 Å². The molecule has 1 aliphatic heterocycles. The predicted molar refractivity (Wildman–Crippen MR) is 77.8 cm³/mol. The third-order valence-electron chi connectivity index (χ3n) is 3.47. The van der Waals surface area contributed by atoms with Crippen molar-refractivity contribution in [2.24, 2.45) is 11.8 Å². The van der Waals surface area contributed by atoms with Crippen molar-refractivity contribution in [3.8, 4) is 0 Å². The number of nitro groups is 1. The summed E-state index contributed by atoms with van der Waals surface area (Å²) in [6.45, 7) is 6.03. The van der Waals surface area contributed by atoms with Gasteiger partial charge in [0.2, 0.25) is 17.6 Å². The van der Waals surface area contributed by atoms with Crippen LogP contribution in [0.4, 0.5) is 23.3 Å². The number of anilines is 3. The highest BCUT2D eigenvalue weighted by molar-refractivity contribution is 5.69. The van der Waals surface area contributed by atoms with Crippen molar-refractivity contribution in [1.82, 2.24) is 9.97 Å². The van der Waals surface area contributed by atoms with Crippen LogP contribution in [0.2, 0.25) is 0 Å². The molecule has 0 radical (unpaired) electrons. The van der Waals surface area contributed by atoms with E-state index in [0.29, 0.717) is 17.8 Å². The van der Waals surface area contributed by atoms with Crippen LogP contribution in [-0.2, 0) is 0 Å². The van der Waals surface area contributed by atoms with E-state index in [2.05, 4.69) is 29.1 Å². The SMILES string of the molecule is CNc1nc(N2C[C@H](C)C[C@H](C)C2)nc(N)c1[N+](=O)[O-]. The quantitative estimate of drug-likeness (QED) is 0.637. The summed E-state index contributed by atoms with van der Waals surface area (Å²) in [6.07, 6.45) is 1.16. The first-order valence-corrected chi connectivity index (χ1v) is 6.67. The van der Waals surface area contributed by atoms with Gasteiger partial charge in [0.15, 0.2) is 0 Å². The smallest absolute Gasteiger partial charge is 0.353 e.